The normalized spacial score (nSPS) is 12.7. The van der Waals surface area contributed by atoms with Gasteiger partial charge >= 0.3 is 5.97 Å². The second-order valence-corrected chi connectivity index (χ2v) is 10.5. The maximum atomic E-state index is 13.5. The molecule has 0 fully saturated rings. The van der Waals surface area contributed by atoms with Gasteiger partial charge in [0.05, 0.1) is 28.7 Å². The minimum atomic E-state index is -0.979. The fraction of sp³-hybridized carbons (Fsp3) is 0.200. The summed E-state index contributed by atoms with van der Waals surface area (Å²) in [7, 11) is 0. The molecule has 0 unspecified atom stereocenters. The van der Waals surface area contributed by atoms with Gasteiger partial charge in [-0.3, -0.25) is 19.1 Å². The third-order valence-electron chi connectivity index (χ3n) is 6.79. The molecule has 0 atom stereocenters. The molecule has 0 saturated heterocycles. The van der Waals surface area contributed by atoms with E-state index in [1.807, 2.05) is 12.1 Å². The monoisotopic (exact) mass is 576 g/mol. The largest absolute Gasteiger partial charge is 0.481 e. The first-order chi connectivity index (χ1) is 19.3. The van der Waals surface area contributed by atoms with Crippen molar-refractivity contribution in [2.24, 2.45) is 0 Å². The summed E-state index contributed by atoms with van der Waals surface area (Å²) in [4.78, 5) is 36.5. The molecule has 2 amide bonds. The molecule has 8 nitrogen and oxygen atoms in total. The highest BCUT2D eigenvalue weighted by atomic mass is 35.5. The van der Waals surface area contributed by atoms with Crippen molar-refractivity contribution >= 4 is 41.0 Å². The number of aromatic nitrogens is 2. The number of halogens is 2. The third-order valence-corrected chi connectivity index (χ3v) is 7.53. The zero-order valence-corrected chi connectivity index (χ0v) is 22.9. The highest BCUT2D eigenvalue weighted by Crippen LogP contribution is 2.29. The maximum Gasteiger partial charge on any atom is 0.305 e. The average molecular weight is 577 g/mol. The van der Waals surface area contributed by atoms with Crippen LogP contribution in [-0.2, 0) is 24.2 Å². The maximum absolute atomic E-state index is 13.5. The Morgan fingerprint density at radius 2 is 1.60 bits per heavy atom. The Bertz CT molecular complexity index is 1560. The van der Waals surface area contributed by atoms with Crippen molar-refractivity contribution in [2.75, 3.05) is 6.54 Å². The molecule has 3 N–H and O–H groups in total. The molecule has 0 bridgehead atoms. The van der Waals surface area contributed by atoms with Gasteiger partial charge in [0, 0.05) is 23.7 Å². The number of amides is 2. The summed E-state index contributed by atoms with van der Waals surface area (Å²) in [5, 5.41) is 20.0. The number of hydrogen-bond donors (Lipinski definition) is 3. The third kappa shape index (κ3) is 6.35. The van der Waals surface area contributed by atoms with Crippen LogP contribution in [0.1, 0.15) is 44.0 Å². The molecule has 0 saturated carbocycles. The van der Waals surface area contributed by atoms with E-state index >= 15 is 0 Å². The molecule has 204 valence electrons. The van der Waals surface area contributed by atoms with E-state index in [0.29, 0.717) is 27.0 Å². The number of hydrogen-bond acceptors (Lipinski definition) is 4. The Morgan fingerprint density at radius 3 is 2.25 bits per heavy atom. The molecule has 0 radical (unpaired) electrons. The lowest BCUT2D eigenvalue weighted by molar-refractivity contribution is -0.136. The van der Waals surface area contributed by atoms with Crippen LogP contribution in [0.5, 0.6) is 0 Å². The van der Waals surface area contributed by atoms with E-state index in [-0.39, 0.29) is 37.4 Å². The molecule has 4 aromatic rings. The molecule has 10 heteroatoms. The quantitative estimate of drug-likeness (QED) is 0.259. The number of aliphatic carboxylic acids is 1. The summed E-state index contributed by atoms with van der Waals surface area (Å²) in [5.74, 6) is -1.56. The van der Waals surface area contributed by atoms with Gasteiger partial charge in [0.25, 0.3) is 11.8 Å². The molecule has 1 aliphatic rings. The number of carboxylic acid groups (broad SMARTS) is 1. The Kier molecular flexibility index (Phi) is 8.19. The van der Waals surface area contributed by atoms with Crippen LogP contribution >= 0.6 is 23.2 Å². The van der Waals surface area contributed by atoms with Crippen LogP contribution in [0.15, 0.2) is 72.8 Å². The molecular weight excluding hydrogens is 551 g/mol. The Balaban J connectivity index is 1.36. The smallest absolute Gasteiger partial charge is 0.305 e. The number of carboxylic acids is 1. The Hall–Kier alpha value is -4.14. The lowest BCUT2D eigenvalue weighted by Crippen LogP contribution is -2.36. The minimum Gasteiger partial charge on any atom is -0.481 e. The first-order valence-electron chi connectivity index (χ1n) is 12.8. The van der Waals surface area contributed by atoms with Crippen molar-refractivity contribution in [2.45, 2.75) is 31.8 Å². The summed E-state index contributed by atoms with van der Waals surface area (Å²) in [6.07, 6.45) is 1.39. The van der Waals surface area contributed by atoms with Crippen molar-refractivity contribution in [1.29, 1.82) is 0 Å². The van der Waals surface area contributed by atoms with E-state index in [0.717, 1.165) is 24.0 Å². The summed E-state index contributed by atoms with van der Waals surface area (Å²) in [6.45, 7) is 0.334. The van der Waals surface area contributed by atoms with Crippen molar-refractivity contribution < 1.29 is 19.5 Å². The number of carbonyl (C=O) groups excluding carboxylic acids is 2. The van der Waals surface area contributed by atoms with Gasteiger partial charge in [0.15, 0.2) is 0 Å². The molecule has 1 aliphatic carbocycles. The molecule has 1 aromatic heterocycles. The predicted molar refractivity (Wildman–Crippen MR) is 153 cm³/mol. The van der Waals surface area contributed by atoms with Crippen LogP contribution in [0.4, 0.5) is 0 Å². The van der Waals surface area contributed by atoms with Gasteiger partial charge in [-0.2, -0.15) is 5.10 Å². The van der Waals surface area contributed by atoms with Gasteiger partial charge < -0.3 is 15.7 Å². The second-order valence-electron chi connectivity index (χ2n) is 9.65. The van der Waals surface area contributed by atoms with Crippen LogP contribution in [0.25, 0.3) is 11.3 Å². The van der Waals surface area contributed by atoms with Crippen molar-refractivity contribution in [3.05, 3.63) is 111 Å². The number of fused-ring (bicyclic) bond motifs is 1. The molecule has 40 heavy (non-hydrogen) atoms. The van der Waals surface area contributed by atoms with Crippen LogP contribution in [0.3, 0.4) is 0 Å². The van der Waals surface area contributed by atoms with E-state index in [4.69, 9.17) is 33.4 Å². The van der Waals surface area contributed by atoms with Crippen LogP contribution in [-0.4, -0.2) is 45.3 Å². The molecular formula is C30H26Cl2N4O4. The van der Waals surface area contributed by atoms with Gasteiger partial charge in [0.2, 0.25) is 0 Å². The van der Waals surface area contributed by atoms with Gasteiger partial charge in [0.1, 0.15) is 5.69 Å². The van der Waals surface area contributed by atoms with Crippen LogP contribution in [0, 0.1) is 0 Å². The zero-order chi connectivity index (χ0) is 28.2. The van der Waals surface area contributed by atoms with Gasteiger partial charge in [-0.15, -0.1) is 0 Å². The SMILES string of the molecule is O=C(O)CCNC(=O)c1ccc(Cn2nc(-c3ccc(Cl)c(Cl)c3)cc2C(=O)NC2Cc3ccccc3C2)cc1. The van der Waals surface area contributed by atoms with E-state index < -0.39 is 5.97 Å². The highest BCUT2D eigenvalue weighted by molar-refractivity contribution is 6.42. The first-order valence-corrected chi connectivity index (χ1v) is 13.5. The second kappa shape index (κ2) is 11.9. The first kappa shape index (κ1) is 27.4. The van der Waals surface area contributed by atoms with E-state index in [2.05, 4.69) is 22.8 Å². The van der Waals surface area contributed by atoms with Gasteiger partial charge in [-0.25, -0.2) is 0 Å². The molecule has 0 aliphatic heterocycles. The highest BCUT2D eigenvalue weighted by Gasteiger charge is 2.25. The summed E-state index contributed by atoms with van der Waals surface area (Å²) >= 11 is 12.3. The van der Waals surface area contributed by atoms with E-state index in [1.165, 1.54) is 11.1 Å². The number of nitrogens with zero attached hydrogens (tertiary/aromatic N) is 2. The standard InChI is InChI=1S/C30H26Cl2N4O4/c31-24-10-9-22(15-25(24)32)26-16-27(30(40)34-23-13-20-3-1-2-4-21(20)14-23)36(35-26)17-18-5-7-19(8-6-18)29(39)33-12-11-28(37)38/h1-10,15-16,23H,11-14,17H2,(H,33,39)(H,34,40)(H,37,38). The summed E-state index contributed by atoms with van der Waals surface area (Å²) in [5.41, 5.74) is 5.41. The number of benzene rings is 3. The molecule has 5 rings (SSSR count). The minimum absolute atomic E-state index is 0.0133. The number of nitrogens with one attached hydrogen (secondary N) is 2. The predicted octanol–water partition coefficient (Wildman–Crippen LogP) is 5.01. The van der Waals surface area contributed by atoms with E-state index in [1.54, 1.807) is 53.2 Å². The fourth-order valence-electron chi connectivity index (χ4n) is 4.76. The molecule has 3 aromatic carbocycles. The lowest BCUT2D eigenvalue weighted by Gasteiger charge is -2.13. The lowest BCUT2D eigenvalue weighted by atomic mass is 10.1. The zero-order valence-electron chi connectivity index (χ0n) is 21.4. The number of rotatable bonds is 9. The average Bonchev–Trinajstić information content (AvgIpc) is 3.54. The van der Waals surface area contributed by atoms with Crippen molar-refractivity contribution in [1.82, 2.24) is 20.4 Å². The van der Waals surface area contributed by atoms with Gasteiger partial charge in [-0.05, 0) is 59.9 Å². The van der Waals surface area contributed by atoms with Crippen LogP contribution < -0.4 is 10.6 Å². The Morgan fingerprint density at radius 1 is 0.900 bits per heavy atom. The fourth-order valence-corrected chi connectivity index (χ4v) is 5.05. The summed E-state index contributed by atoms with van der Waals surface area (Å²) in [6, 6.07) is 22.0. The summed E-state index contributed by atoms with van der Waals surface area (Å²) < 4.78 is 1.64. The molecule has 0 spiro atoms. The van der Waals surface area contributed by atoms with Crippen molar-refractivity contribution in [3.8, 4) is 11.3 Å². The van der Waals surface area contributed by atoms with Gasteiger partial charge in [-0.1, -0.05) is 65.7 Å². The molecule has 1 heterocycles. The van der Waals surface area contributed by atoms with Crippen molar-refractivity contribution in [3.63, 3.8) is 0 Å². The number of carbonyl (C=O) groups is 3. The topological polar surface area (TPSA) is 113 Å². The van der Waals surface area contributed by atoms with E-state index in [9.17, 15) is 14.4 Å². The Labute approximate surface area is 240 Å². The van der Waals surface area contributed by atoms with Crippen LogP contribution in [0.2, 0.25) is 10.0 Å².